The lowest BCUT2D eigenvalue weighted by molar-refractivity contribution is 1.68. The Kier molecular flexibility index (Phi) is 1.39. The average molecular weight is 200 g/mol. The maximum atomic E-state index is 3.34. The minimum absolute atomic E-state index is 1.22. The molecule has 3 aromatic carbocycles. The van der Waals surface area contributed by atoms with Gasteiger partial charge in [0.05, 0.1) is 0 Å². The number of hydrogen-bond acceptors (Lipinski definition) is 0. The second kappa shape index (κ2) is 2.73. The molecule has 0 nitrogen and oxygen atoms in total. The molecule has 0 aromatic heterocycles. The number of fused-ring (bicyclic) bond motifs is 3. The third-order valence-corrected chi connectivity index (χ3v) is 3.25. The normalized spacial score (nSPS) is 11.8. The number of benzene rings is 3. The van der Waals surface area contributed by atoms with E-state index < -0.39 is 0 Å². The Bertz CT molecular complexity index is 650. The van der Waals surface area contributed by atoms with Crippen molar-refractivity contribution in [3.63, 3.8) is 0 Å². The van der Waals surface area contributed by atoms with Crippen LogP contribution in [-0.4, -0.2) is 0 Å². The van der Waals surface area contributed by atoms with Gasteiger partial charge in [-0.05, 0) is 57.3 Å². The summed E-state index contributed by atoms with van der Waals surface area (Å²) in [7, 11) is 0. The van der Waals surface area contributed by atoms with E-state index in [4.69, 9.17) is 0 Å². The first-order chi connectivity index (χ1) is 7.95. The van der Waals surface area contributed by atoms with Crippen LogP contribution in [0.5, 0.6) is 0 Å². The van der Waals surface area contributed by atoms with Gasteiger partial charge in [0, 0.05) is 0 Å². The molecule has 1 aliphatic carbocycles. The van der Waals surface area contributed by atoms with E-state index in [1.54, 1.807) is 0 Å². The lowest BCUT2D eigenvalue weighted by atomic mass is 10.0. The van der Waals surface area contributed by atoms with Crippen molar-refractivity contribution < 1.29 is 0 Å². The Morgan fingerprint density at radius 2 is 1.75 bits per heavy atom. The van der Waals surface area contributed by atoms with Gasteiger partial charge in [0.1, 0.15) is 0 Å². The van der Waals surface area contributed by atoms with Crippen molar-refractivity contribution in [3.05, 3.63) is 60.7 Å². The Labute approximate surface area is 94.2 Å². The van der Waals surface area contributed by atoms with Crippen LogP contribution in [-0.2, 0) is 0 Å². The summed E-state index contributed by atoms with van der Waals surface area (Å²) < 4.78 is 0. The third-order valence-electron chi connectivity index (χ3n) is 3.25. The van der Waals surface area contributed by atoms with Crippen molar-refractivity contribution >= 4 is 10.8 Å². The molecule has 4 rings (SSSR count). The third kappa shape index (κ3) is 0.849. The molecule has 0 saturated heterocycles. The van der Waals surface area contributed by atoms with E-state index in [9.17, 15) is 0 Å². The van der Waals surface area contributed by atoms with Crippen LogP contribution in [0.2, 0.25) is 0 Å². The van der Waals surface area contributed by atoms with Crippen LogP contribution in [0.3, 0.4) is 0 Å². The van der Waals surface area contributed by atoms with Gasteiger partial charge in [0.25, 0.3) is 0 Å². The van der Waals surface area contributed by atoms with Crippen molar-refractivity contribution in [2.24, 2.45) is 0 Å². The van der Waals surface area contributed by atoms with Gasteiger partial charge in [-0.1, -0.05) is 36.4 Å². The van der Waals surface area contributed by atoms with Crippen molar-refractivity contribution in [1.29, 1.82) is 0 Å². The smallest absolute Gasteiger partial charge is 0.00199 e. The van der Waals surface area contributed by atoms with Crippen LogP contribution in [0.1, 0.15) is 0 Å². The van der Waals surface area contributed by atoms with Crippen molar-refractivity contribution in [1.82, 2.24) is 0 Å². The average Bonchev–Trinajstić information content (AvgIpc) is 2.68. The summed E-state index contributed by atoms with van der Waals surface area (Å²) in [5.74, 6) is 0. The molecule has 72 valence electrons. The molecule has 1 aliphatic rings. The highest BCUT2D eigenvalue weighted by Gasteiger charge is 2.19. The minimum Gasteiger partial charge on any atom is -0.0610 e. The van der Waals surface area contributed by atoms with Gasteiger partial charge in [-0.3, -0.25) is 0 Å². The monoisotopic (exact) mass is 200 g/mol. The Morgan fingerprint density at radius 3 is 2.75 bits per heavy atom. The highest BCUT2D eigenvalue weighted by molar-refractivity contribution is 6.14. The lowest BCUT2D eigenvalue weighted by Crippen LogP contribution is -1.74. The maximum absolute atomic E-state index is 3.34. The molecule has 0 heteroatoms. The van der Waals surface area contributed by atoms with Gasteiger partial charge in [0.15, 0.2) is 0 Å². The predicted octanol–water partition coefficient (Wildman–Crippen LogP) is 4.09. The van der Waals surface area contributed by atoms with E-state index in [0.717, 1.165) is 0 Å². The second-order valence-electron chi connectivity index (χ2n) is 4.10. The summed E-state index contributed by atoms with van der Waals surface area (Å²) in [6.07, 6.45) is 0. The first-order valence-corrected chi connectivity index (χ1v) is 5.39. The molecule has 0 heterocycles. The van der Waals surface area contributed by atoms with Gasteiger partial charge >= 0.3 is 0 Å². The summed E-state index contributed by atoms with van der Waals surface area (Å²) in [4.78, 5) is 0. The molecule has 0 bridgehead atoms. The van der Waals surface area contributed by atoms with Crippen molar-refractivity contribution in [2.75, 3.05) is 0 Å². The molecule has 0 N–H and O–H groups in total. The van der Waals surface area contributed by atoms with Crippen LogP contribution in [0, 0.1) is 12.1 Å². The zero-order valence-electron chi connectivity index (χ0n) is 8.62. The topological polar surface area (TPSA) is 0 Å². The fourth-order valence-electron chi connectivity index (χ4n) is 2.58. The first kappa shape index (κ1) is 8.12. The molecule has 0 fully saturated rings. The Morgan fingerprint density at radius 1 is 0.812 bits per heavy atom. The molecule has 2 radical (unpaired) electrons. The summed E-state index contributed by atoms with van der Waals surface area (Å²) in [5.41, 5.74) is 5.10. The zero-order valence-corrected chi connectivity index (χ0v) is 8.62. The standard InChI is InChI=1S/C16H8/c1-2-8-13-12(7-1)14-9-3-5-11-6-4-10-15(13)16(11)14/h1-3,5-6,8-10H. The summed E-state index contributed by atoms with van der Waals surface area (Å²) in [6, 6.07) is 23.3. The number of rotatable bonds is 0. The van der Waals surface area contributed by atoms with Crippen LogP contribution < -0.4 is 0 Å². The number of hydrogen-bond donors (Lipinski definition) is 0. The second-order valence-corrected chi connectivity index (χ2v) is 4.10. The van der Waals surface area contributed by atoms with Crippen LogP contribution in [0.15, 0.2) is 48.5 Å². The quantitative estimate of drug-likeness (QED) is 0.401. The van der Waals surface area contributed by atoms with E-state index in [1.165, 1.54) is 33.0 Å². The van der Waals surface area contributed by atoms with Crippen molar-refractivity contribution in [2.45, 2.75) is 0 Å². The molecule has 0 amide bonds. The zero-order chi connectivity index (χ0) is 10.5. The van der Waals surface area contributed by atoms with Gasteiger partial charge in [0.2, 0.25) is 0 Å². The fourth-order valence-corrected chi connectivity index (χ4v) is 2.58. The van der Waals surface area contributed by atoms with Gasteiger partial charge in [-0.2, -0.15) is 0 Å². The molecule has 0 aliphatic heterocycles. The molecule has 0 spiro atoms. The summed E-state index contributed by atoms with van der Waals surface area (Å²) >= 11 is 0. The minimum atomic E-state index is 1.22. The van der Waals surface area contributed by atoms with Gasteiger partial charge < -0.3 is 0 Å². The molecule has 0 saturated carbocycles. The summed E-state index contributed by atoms with van der Waals surface area (Å²) in [6.45, 7) is 0. The largest absolute Gasteiger partial charge is 0.0610 e. The fraction of sp³-hybridized carbons (Fsp3) is 0. The van der Waals surface area contributed by atoms with Crippen LogP contribution in [0.4, 0.5) is 0 Å². The lowest BCUT2D eigenvalue weighted by Gasteiger charge is -1.99. The molecule has 0 unspecified atom stereocenters. The van der Waals surface area contributed by atoms with E-state index in [2.05, 4.69) is 42.5 Å². The van der Waals surface area contributed by atoms with Gasteiger partial charge in [-0.25, -0.2) is 0 Å². The SMILES string of the molecule is [c]1cc2c3c(cccc3c1)-c1[c]cccc1-2. The van der Waals surface area contributed by atoms with Gasteiger partial charge in [-0.15, -0.1) is 0 Å². The van der Waals surface area contributed by atoms with E-state index in [0.29, 0.717) is 0 Å². The molecular formula is C16H8. The van der Waals surface area contributed by atoms with Crippen molar-refractivity contribution in [3.8, 4) is 22.3 Å². The molecule has 3 aromatic rings. The first-order valence-electron chi connectivity index (χ1n) is 5.39. The van der Waals surface area contributed by atoms with Crippen LogP contribution in [0.25, 0.3) is 33.0 Å². The van der Waals surface area contributed by atoms with E-state index in [-0.39, 0.29) is 0 Å². The highest BCUT2D eigenvalue weighted by atomic mass is 14.2. The van der Waals surface area contributed by atoms with E-state index >= 15 is 0 Å². The van der Waals surface area contributed by atoms with E-state index in [1.807, 2.05) is 18.2 Å². The molecular weight excluding hydrogens is 192 g/mol. The molecule has 16 heavy (non-hydrogen) atoms. The Hall–Kier alpha value is -2.08. The Balaban J connectivity index is 2.31. The summed E-state index contributed by atoms with van der Waals surface area (Å²) in [5, 5.41) is 2.61. The highest BCUT2D eigenvalue weighted by Crippen LogP contribution is 2.46. The van der Waals surface area contributed by atoms with Crippen LogP contribution >= 0.6 is 0 Å². The predicted molar refractivity (Wildman–Crippen MR) is 66.1 cm³/mol. The maximum Gasteiger partial charge on any atom is -0.00199 e. The molecule has 0 atom stereocenters.